The van der Waals surface area contributed by atoms with E-state index < -0.39 is 15.9 Å². The van der Waals surface area contributed by atoms with Crippen molar-refractivity contribution in [2.45, 2.75) is 30.7 Å². The molecule has 1 aliphatic rings. The molecule has 1 heterocycles. The number of piperidine rings is 1. The second kappa shape index (κ2) is 10.6. The largest absolute Gasteiger partial charge is 0.339 e. The number of anilines is 1. The average Bonchev–Trinajstić information content (AvgIpc) is 2.88. The van der Waals surface area contributed by atoms with Gasteiger partial charge in [0.25, 0.3) is 11.8 Å². The summed E-state index contributed by atoms with van der Waals surface area (Å²) in [7, 11) is -3.81. The second-order valence-electron chi connectivity index (χ2n) is 8.19. The first-order valence-corrected chi connectivity index (χ1v) is 12.8. The van der Waals surface area contributed by atoms with Crippen molar-refractivity contribution in [2.75, 3.05) is 18.4 Å². The lowest BCUT2D eigenvalue weighted by molar-refractivity contribution is 0.0725. The van der Waals surface area contributed by atoms with Crippen molar-refractivity contribution in [1.82, 2.24) is 9.62 Å². The number of hydrogen-bond donors (Lipinski definition) is 2. The molecule has 176 valence electrons. The van der Waals surface area contributed by atoms with E-state index in [1.807, 2.05) is 30.3 Å². The Balaban J connectivity index is 1.49. The summed E-state index contributed by atoms with van der Waals surface area (Å²) in [6.07, 6.45) is 3.06. The SMILES string of the molecule is O=C(Nc1ccccc1C(=O)N1CCCCC1)c1cccc(S(=O)(=O)NCc2ccccc2)c1. The number of carbonyl (C=O) groups excluding carboxylic acids is 2. The lowest BCUT2D eigenvalue weighted by Gasteiger charge is -2.27. The number of benzene rings is 3. The fraction of sp³-hybridized carbons (Fsp3) is 0.231. The van der Waals surface area contributed by atoms with Crippen LogP contribution in [0.4, 0.5) is 5.69 Å². The molecule has 1 fully saturated rings. The number of nitrogens with one attached hydrogen (secondary N) is 2. The van der Waals surface area contributed by atoms with Crippen LogP contribution in [0, 0.1) is 0 Å². The van der Waals surface area contributed by atoms with Gasteiger partial charge in [-0.25, -0.2) is 13.1 Å². The number of likely N-dealkylation sites (tertiary alicyclic amines) is 1. The van der Waals surface area contributed by atoms with Gasteiger partial charge in [-0.2, -0.15) is 0 Å². The molecule has 1 saturated heterocycles. The summed E-state index contributed by atoms with van der Waals surface area (Å²) in [5.41, 5.74) is 1.84. The molecule has 0 atom stereocenters. The molecule has 34 heavy (non-hydrogen) atoms. The normalized spacial score (nSPS) is 13.9. The molecule has 3 aromatic rings. The number of para-hydroxylation sites is 1. The lowest BCUT2D eigenvalue weighted by Crippen LogP contribution is -2.36. The van der Waals surface area contributed by atoms with Crippen molar-refractivity contribution in [2.24, 2.45) is 0 Å². The molecule has 0 bridgehead atoms. The zero-order valence-corrected chi connectivity index (χ0v) is 19.6. The summed E-state index contributed by atoms with van der Waals surface area (Å²) in [5.74, 6) is -0.601. The molecule has 0 spiro atoms. The summed E-state index contributed by atoms with van der Waals surface area (Å²) in [5, 5.41) is 2.78. The summed E-state index contributed by atoms with van der Waals surface area (Å²) >= 11 is 0. The molecule has 7 nitrogen and oxygen atoms in total. The van der Waals surface area contributed by atoms with Gasteiger partial charge in [-0.3, -0.25) is 9.59 Å². The third-order valence-electron chi connectivity index (χ3n) is 5.76. The van der Waals surface area contributed by atoms with E-state index in [2.05, 4.69) is 10.0 Å². The van der Waals surface area contributed by atoms with Crippen LogP contribution in [0.5, 0.6) is 0 Å². The maximum Gasteiger partial charge on any atom is 0.255 e. The molecule has 0 aliphatic carbocycles. The minimum Gasteiger partial charge on any atom is -0.339 e. The van der Waals surface area contributed by atoms with E-state index in [1.165, 1.54) is 18.2 Å². The summed E-state index contributed by atoms with van der Waals surface area (Å²) in [6, 6.07) is 21.9. The van der Waals surface area contributed by atoms with Gasteiger partial charge in [-0.1, -0.05) is 48.5 Å². The van der Waals surface area contributed by atoms with Gasteiger partial charge < -0.3 is 10.2 Å². The smallest absolute Gasteiger partial charge is 0.255 e. The first-order valence-electron chi connectivity index (χ1n) is 11.3. The van der Waals surface area contributed by atoms with Crippen LogP contribution in [0.3, 0.4) is 0 Å². The Bertz CT molecular complexity index is 1270. The first-order chi connectivity index (χ1) is 16.4. The van der Waals surface area contributed by atoms with Gasteiger partial charge in [-0.05, 0) is 55.2 Å². The number of hydrogen-bond acceptors (Lipinski definition) is 4. The molecule has 8 heteroatoms. The predicted molar refractivity (Wildman–Crippen MR) is 131 cm³/mol. The second-order valence-corrected chi connectivity index (χ2v) is 9.96. The van der Waals surface area contributed by atoms with Crippen LogP contribution in [0.15, 0.2) is 83.8 Å². The third kappa shape index (κ3) is 5.70. The van der Waals surface area contributed by atoms with Crippen LogP contribution >= 0.6 is 0 Å². The van der Waals surface area contributed by atoms with E-state index in [0.29, 0.717) is 24.3 Å². The van der Waals surface area contributed by atoms with Crippen LogP contribution < -0.4 is 10.0 Å². The van der Waals surface area contributed by atoms with Crippen molar-refractivity contribution in [3.8, 4) is 0 Å². The minimum atomic E-state index is -3.81. The standard InChI is InChI=1S/C26H27N3O4S/c30-25(28-24-15-6-5-14-23(24)26(31)29-16-7-2-8-17-29)21-12-9-13-22(18-21)34(32,33)27-19-20-10-3-1-4-11-20/h1,3-6,9-15,18,27H,2,7-8,16-17,19H2,(H,28,30). The molecule has 2 amide bonds. The molecule has 1 aliphatic heterocycles. The van der Waals surface area contributed by atoms with Gasteiger partial charge >= 0.3 is 0 Å². The van der Waals surface area contributed by atoms with E-state index in [4.69, 9.17) is 0 Å². The van der Waals surface area contributed by atoms with Crippen LogP contribution in [0.2, 0.25) is 0 Å². The Morgan fingerprint density at radius 3 is 2.29 bits per heavy atom. The van der Waals surface area contributed by atoms with Crippen molar-refractivity contribution in [3.63, 3.8) is 0 Å². The highest BCUT2D eigenvalue weighted by Crippen LogP contribution is 2.21. The highest BCUT2D eigenvalue weighted by Gasteiger charge is 2.22. The Labute approximate surface area is 199 Å². The highest BCUT2D eigenvalue weighted by molar-refractivity contribution is 7.89. The quantitative estimate of drug-likeness (QED) is 0.537. The van der Waals surface area contributed by atoms with Gasteiger partial charge in [0.15, 0.2) is 0 Å². The monoisotopic (exact) mass is 477 g/mol. The number of carbonyl (C=O) groups is 2. The summed E-state index contributed by atoms with van der Waals surface area (Å²) in [4.78, 5) is 27.8. The van der Waals surface area contributed by atoms with Crippen molar-refractivity contribution in [1.29, 1.82) is 0 Å². The molecule has 0 radical (unpaired) electrons. The zero-order valence-electron chi connectivity index (χ0n) is 18.7. The minimum absolute atomic E-state index is 0.00578. The number of nitrogens with zero attached hydrogens (tertiary/aromatic N) is 1. The fourth-order valence-electron chi connectivity index (χ4n) is 3.90. The zero-order chi connectivity index (χ0) is 24.0. The number of rotatable bonds is 7. The molecule has 3 aromatic carbocycles. The Morgan fingerprint density at radius 2 is 1.53 bits per heavy atom. The Hall–Kier alpha value is -3.49. The lowest BCUT2D eigenvalue weighted by atomic mass is 10.1. The maximum atomic E-state index is 13.0. The van der Waals surface area contributed by atoms with Gasteiger partial charge in [0.1, 0.15) is 0 Å². The average molecular weight is 478 g/mol. The molecular formula is C26H27N3O4S. The maximum absolute atomic E-state index is 13.0. The summed E-state index contributed by atoms with van der Waals surface area (Å²) in [6.45, 7) is 1.56. The molecule has 2 N–H and O–H groups in total. The van der Waals surface area contributed by atoms with Gasteiger partial charge in [0.05, 0.1) is 16.1 Å². The highest BCUT2D eigenvalue weighted by atomic mass is 32.2. The molecule has 4 rings (SSSR count). The predicted octanol–water partition coefficient (Wildman–Crippen LogP) is 4.04. The van der Waals surface area contributed by atoms with Crippen molar-refractivity contribution < 1.29 is 18.0 Å². The fourth-order valence-corrected chi connectivity index (χ4v) is 4.97. The van der Waals surface area contributed by atoms with Gasteiger partial charge in [-0.15, -0.1) is 0 Å². The van der Waals surface area contributed by atoms with Crippen LogP contribution in [-0.2, 0) is 16.6 Å². The van der Waals surface area contributed by atoms with Crippen LogP contribution in [0.25, 0.3) is 0 Å². The van der Waals surface area contributed by atoms with E-state index in [9.17, 15) is 18.0 Å². The first kappa shape index (κ1) is 23.7. The Kier molecular flexibility index (Phi) is 7.40. The summed E-state index contributed by atoms with van der Waals surface area (Å²) < 4.78 is 28.1. The van der Waals surface area contributed by atoms with Gasteiger partial charge in [0.2, 0.25) is 10.0 Å². The van der Waals surface area contributed by atoms with E-state index in [0.717, 1.165) is 24.8 Å². The van der Waals surface area contributed by atoms with Gasteiger partial charge in [0, 0.05) is 25.2 Å². The molecular weight excluding hydrogens is 450 g/mol. The third-order valence-corrected chi connectivity index (χ3v) is 7.16. The molecule has 0 aromatic heterocycles. The van der Waals surface area contributed by atoms with Crippen LogP contribution in [0.1, 0.15) is 45.5 Å². The number of amides is 2. The van der Waals surface area contributed by atoms with E-state index in [-0.39, 0.29) is 22.9 Å². The van der Waals surface area contributed by atoms with Crippen LogP contribution in [-0.4, -0.2) is 38.2 Å². The number of sulfonamides is 1. The Morgan fingerprint density at radius 1 is 0.824 bits per heavy atom. The molecule has 0 saturated carbocycles. The topological polar surface area (TPSA) is 95.6 Å². The van der Waals surface area contributed by atoms with E-state index in [1.54, 1.807) is 35.2 Å². The molecule has 0 unspecified atom stereocenters. The van der Waals surface area contributed by atoms with E-state index >= 15 is 0 Å². The van der Waals surface area contributed by atoms with Crippen molar-refractivity contribution >= 4 is 27.5 Å². The van der Waals surface area contributed by atoms with Crippen molar-refractivity contribution in [3.05, 3.63) is 95.6 Å².